The number of carbonyl (C=O) groups is 2. The van der Waals surface area contributed by atoms with Gasteiger partial charge in [-0.2, -0.15) is 0 Å². The van der Waals surface area contributed by atoms with Gasteiger partial charge in [-0.15, -0.1) is 0 Å². The molecule has 1 aromatic carbocycles. The summed E-state index contributed by atoms with van der Waals surface area (Å²) in [5.41, 5.74) is 0.326. The van der Waals surface area contributed by atoms with E-state index >= 15 is 0 Å². The zero-order valence-electron chi connectivity index (χ0n) is 18.6. The normalized spacial score (nSPS) is 14.7. The molecule has 1 saturated heterocycles. The second-order valence-corrected chi connectivity index (χ2v) is 9.09. The molecule has 0 atom stereocenters. The summed E-state index contributed by atoms with van der Waals surface area (Å²) >= 11 is 0. The number of anilines is 1. The first-order chi connectivity index (χ1) is 13.3. The molecule has 0 unspecified atom stereocenters. The molecule has 1 heterocycles. The number of aliphatic imine (C=N–C) groups is 1. The molecular weight excluding hydrogens is 372 g/mol. The predicted octanol–water partition coefficient (Wildman–Crippen LogP) is 4.23. The maximum Gasteiger partial charge on any atom is 0.417 e. The smallest absolute Gasteiger partial charge is 0.417 e. The van der Waals surface area contributed by atoms with Gasteiger partial charge in [0.2, 0.25) is 5.96 Å². The summed E-state index contributed by atoms with van der Waals surface area (Å²) in [5, 5.41) is 0. The fraction of sp³-hybridized carbons (Fsp3) is 0.571. The van der Waals surface area contributed by atoms with E-state index < -0.39 is 23.4 Å². The van der Waals surface area contributed by atoms with Gasteiger partial charge in [-0.3, -0.25) is 0 Å². The van der Waals surface area contributed by atoms with Gasteiger partial charge in [0.05, 0.1) is 18.8 Å². The van der Waals surface area contributed by atoms with Crippen molar-refractivity contribution >= 4 is 29.5 Å². The Morgan fingerprint density at radius 2 is 1.28 bits per heavy atom. The van der Waals surface area contributed by atoms with Crippen LogP contribution in [0.3, 0.4) is 0 Å². The summed E-state index contributed by atoms with van der Waals surface area (Å²) in [6, 6.07) is 7.51. The number of amides is 2. The van der Waals surface area contributed by atoms with Crippen LogP contribution in [0.2, 0.25) is 0 Å². The monoisotopic (exact) mass is 404 g/mol. The van der Waals surface area contributed by atoms with Crippen LogP contribution in [-0.4, -0.2) is 66.3 Å². The summed E-state index contributed by atoms with van der Waals surface area (Å²) in [6.07, 6.45) is -1.10. The summed E-state index contributed by atoms with van der Waals surface area (Å²) in [5.74, 6) is 0.200. The highest BCUT2D eigenvalue weighted by Gasteiger charge is 2.39. The van der Waals surface area contributed by atoms with Crippen LogP contribution < -0.4 is 4.90 Å². The van der Waals surface area contributed by atoms with Crippen molar-refractivity contribution in [1.82, 2.24) is 9.80 Å². The first-order valence-electron chi connectivity index (χ1n) is 9.64. The fourth-order valence-electron chi connectivity index (χ4n) is 2.59. The molecule has 8 heteroatoms. The predicted molar refractivity (Wildman–Crippen MR) is 114 cm³/mol. The van der Waals surface area contributed by atoms with Crippen LogP contribution in [-0.2, 0) is 9.47 Å². The Kier molecular flexibility index (Phi) is 6.45. The lowest BCUT2D eigenvalue weighted by Crippen LogP contribution is -2.44. The van der Waals surface area contributed by atoms with Crippen LogP contribution in [0.25, 0.3) is 0 Å². The summed E-state index contributed by atoms with van der Waals surface area (Å²) < 4.78 is 11.0. The van der Waals surface area contributed by atoms with Crippen LogP contribution in [0.4, 0.5) is 21.0 Å². The zero-order valence-corrected chi connectivity index (χ0v) is 18.6. The molecule has 1 aromatic rings. The van der Waals surface area contributed by atoms with Gasteiger partial charge in [0, 0.05) is 19.8 Å². The molecule has 0 aromatic heterocycles. The highest BCUT2D eigenvalue weighted by molar-refractivity contribution is 6.04. The average molecular weight is 405 g/mol. The van der Waals surface area contributed by atoms with Crippen LogP contribution in [0, 0.1) is 0 Å². The molecule has 1 aliphatic heterocycles. The number of guanidine groups is 1. The van der Waals surface area contributed by atoms with E-state index in [1.165, 1.54) is 9.80 Å². The van der Waals surface area contributed by atoms with E-state index in [-0.39, 0.29) is 19.0 Å². The van der Waals surface area contributed by atoms with Gasteiger partial charge in [0.15, 0.2) is 0 Å². The van der Waals surface area contributed by atoms with Crippen molar-refractivity contribution in [2.24, 2.45) is 4.99 Å². The molecular formula is C21H32N4O4. The molecule has 2 rings (SSSR count). The Balaban J connectivity index is 2.37. The van der Waals surface area contributed by atoms with Gasteiger partial charge >= 0.3 is 12.2 Å². The van der Waals surface area contributed by atoms with Crippen molar-refractivity contribution in [1.29, 1.82) is 0 Å². The molecule has 0 aliphatic carbocycles. The summed E-state index contributed by atoms with van der Waals surface area (Å²) in [4.78, 5) is 34.7. The van der Waals surface area contributed by atoms with Crippen LogP contribution >= 0.6 is 0 Å². The number of hydrogen-bond donors (Lipinski definition) is 0. The Bertz CT molecular complexity index is 735. The van der Waals surface area contributed by atoms with E-state index in [1.54, 1.807) is 41.5 Å². The fourth-order valence-corrected chi connectivity index (χ4v) is 2.59. The molecule has 0 saturated carbocycles. The quantitative estimate of drug-likeness (QED) is 0.737. The topological polar surface area (TPSA) is 74.7 Å². The molecule has 1 aliphatic rings. The van der Waals surface area contributed by atoms with Crippen molar-refractivity contribution < 1.29 is 19.1 Å². The van der Waals surface area contributed by atoms with E-state index in [4.69, 9.17) is 9.47 Å². The van der Waals surface area contributed by atoms with Gasteiger partial charge in [-0.1, -0.05) is 0 Å². The van der Waals surface area contributed by atoms with Crippen LogP contribution in [0.15, 0.2) is 29.3 Å². The lowest BCUT2D eigenvalue weighted by Gasteiger charge is -2.27. The van der Waals surface area contributed by atoms with Crippen LogP contribution in [0.5, 0.6) is 0 Å². The molecule has 8 nitrogen and oxygen atoms in total. The zero-order chi connectivity index (χ0) is 22.0. The summed E-state index contributed by atoms with van der Waals surface area (Å²) in [7, 11) is 3.90. The number of nitrogens with zero attached hydrogens (tertiary/aromatic N) is 4. The van der Waals surface area contributed by atoms with Crippen molar-refractivity contribution in [3.05, 3.63) is 24.3 Å². The highest BCUT2D eigenvalue weighted by Crippen LogP contribution is 2.23. The second-order valence-electron chi connectivity index (χ2n) is 9.09. The number of hydrogen-bond acceptors (Lipinski definition) is 6. The standard InChI is InChI=1S/C21H32N4O4/c1-20(2,3)28-18(26)24-13-14-25(19(27)29-21(4,5)6)17(24)22-15-9-11-16(12-10-15)23(7)8/h9-12H,13-14H2,1-8H3. The third kappa shape index (κ3) is 6.37. The first-order valence-corrected chi connectivity index (χ1v) is 9.64. The maximum atomic E-state index is 12.7. The van der Waals surface area contributed by atoms with Gasteiger partial charge in [-0.05, 0) is 65.8 Å². The van der Waals surface area contributed by atoms with Crippen molar-refractivity contribution in [3.8, 4) is 0 Å². The molecule has 0 bridgehead atoms. The van der Waals surface area contributed by atoms with Gasteiger partial charge in [0.1, 0.15) is 11.2 Å². The lowest BCUT2D eigenvalue weighted by atomic mass is 10.2. The molecule has 29 heavy (non-hydrogen) atoms. The van der Waals surface area contributed by atoms with Gasteiger partial charge in [-0.25, -0.2) is 24.4 Å². The third-order valence-corrected chi connectivity index (χ3v) is 3.85. The van der Waals surface area contributed by atoms with Crippen LogP contribution in [0.1, 0.15) is 41.5 Å². The number of ether oxygens (including phenoxy) is 2. The molecule has 2 amide bonds. The largest absolute Gasteiger partial charge is 0.443 e. The van der Waals surface area contributed by atoms with Crippen molar-refractivity contribution in [2.75, 3.05) is 32.1 Å². The molecule has 0 spiro atoms. The summed E-state index contributed by atoms with van der Waals surface area (Å²) in [6.45, 7) is 11.3. The molecule has 0 N–H and O–H groups in total. The Hall–Kier alpha value is -2.77. The number of carbonyl (C=O) groups excluding carboxylic acids is 2. The minimum Gasteiger partial charge on any atom is -0.443 e. The Morgan fingerprint density at radius 3 is 1.62 bits per heavy atom. The van der Waals surface area contributed by atoms with Crippen molar-refractivity contribution in [3.63, 3.8) is 0 Å². The first kappa shape index (κ1) is 22.5. The second kappa shape index (κ2) is 8.31. The molecule has 0 radical (unpaired) electrons. The number of benzene rings is 1. The van der Waals surface area contributed by atoms with E-state index in [0.29, 0.717) is 5.69 Å². The van der Waals surface area contributed by atoms with E-state index in [0.717, 1.165) is 5.69 Å². The Morgan fingerprint density at radius 1 is 0.862 bits per heavy atom. The van der Waals surface area contributed by atoms with Crippen molar-refractivity contribution in [2.45, 2.75) is 52.7 Å². The minimum atomic E-state index is -0.658. The van der Waals surface area contributed by atoms with E-state index in [2.05, 4.69) is 4.99 Å². The Labute approximate surface area is 173 Å². The van der Waals surface area contributed by atoms with E-state index in [9.17, 15) is 9.59 Å². The SMILES string of the molecule is CN(C)c1ccc(N=C2N(C(=O)OC(C)(C)C)CCN2C(=O)OC(C)(C)C)cc1. The van der Waals surface area contributed by atoms with Gasteiger partial charge in [0.25, 0.3) is 0 Å². The molecule has 1 fully saturated rings. The molecule has 160 valence electrons. The maximum absolute atomic E-state index is 12.7. The van der Waals surface area contributed by atoms with E-state index in [1.807, 2.05) is 43.3 Å². The third-order valence-electron chi connectivity index (χ3n) is 3.85. The average Bonchev–Trinajstić information content (AvgIpc) is 2.96. The number of rotatable bonds is 2. The highest BCUT2D eigenvalue weighted by atomic mass is 16.6. The minimum absolute atomic E-state index is 0.200. The lowest BCUT2D eigenvalue weighted by molar-refractivity contribution is 0.0375. The van der Waals surface area contributed by atoms with Gasteiger partial charge < -0.3 is 14.4 Å².